The maximum Gasteiger partial charge on any atom is 0.369 e. The number of aliphatic carboxylic acids is 1. The molecule has 2 aliphatic heterocycles. The summed E-state index contributed by atoms with van der Waals surface area (Å²) in [5.74, 6) is -6.89. The molecule has 0 radical (unpaired) electrons. The highest BCUT2D eigenvalue weighted by atomic mass is 16.8. The number of hydrogen-bond acceptors (Lipinski definition) is 17. The molecule has 1 amide bonds. The minimum absolute atomic E-state index is 0.537. The lowest BCUT2D eigenvalue weighted by Crippen LogP contribution is -2.71. The van der Waals surface area contributed by atoms with Gasteiger partial charge in [-0.3, -0.25) is 25.0 Å². The average molecular weight is 650 g/mol. The monoisotopic (exact) mass is 649 g/mol. The number of benzene rings is 1. The van der Waals surface area contributed by atoms with Crippen LogP contribution in [0, 0.1) is 20.2 Å². The number of hydrogen-bond donors (Lipinski definition) is 9. The second-order valence-electron chi connectivity index (χ2n) is 10.0. The smallest absolute Gasteiger partial charge is 0.369 e. The molecule has 45 heavy (non-hydrogen) atoms. The van der Waals surface area contributed by atoms with Crippen LogP contribution in [-0.4, -0.2) is 143 Å². The number of ether oxygens (including phenoxy) is 4. The molecule has 0 aliphatic carbocycles. The van der Waals surface area contributed by atoms with Gasteiger partial charge in [-0.05, 0) is 6.07 Å². The predicted octanol–water partition coefficient (Wildman–Crippen LogP) is -3.98. The number of nitro groups is 2. The third-order valence-electron chi connectivity index (χ3n) is 7.06. The van der Waals surface area contributed by atoms with Gasteiger partial charge in [0.05, 0.1) is 35.2 Å². The Bertz CT molecular complexity index is 1310. The fraction of sp³-hybridized carbons (Fsp3) is 0.583. The van der Waals surface area contributed by atoms with Crippen molar-refractivity contribution in [3.63, 3.8) is 0 Å². The Hall–Kier alpha value is -3.90. The number of nitrogens with one attached hydrogen (secondary N) is 1. The second-order valence-corrected chi connectivity index (χ2v) is 10.0. The Kier molecular flexibility index (Phi) is 11.1. The van der Waals surface area contributed by atoms with Crippen molar-refractivity contribution in [2.75, 3.05) is 13.2 Å². The molecule has 9 N–H and O–H groups in total. The number of rotatable bonds is 12. The van der Waals surface area contributed by atoms with Crippen LogP contribution in [-0.2, 0) is 23.8 Å². The SMILES string of the molecule is C=C1[C@H](O)[C@@H](NC(C)=O)[C@H]([C@H](O)[C@H](O)CO)O[C@@]1(O[C@H]1[C@@H](O)[C@@H](CO)O[C@@H](Oc2ccc([N+](=O)[O-])cc2[N+](=O)[O-])[C@@H]1O)C(=O)O. The van der Waals surface area contributed by atoms with Crippen LogP contribution < -0.4 is 10.1 Å². The van der Waals surface area contributed by atoms with Crippen LogP contribution in [0.2, 0.25) is 0 Å². The summed E-state index contributed by atoms with van der Waals surface area (Å²) < 4.78 is 21.6. The minimum atomic E-state index is -3.29. The molecule has 3 rings (SSSR count). The van der Waals surface area contributed by atoms with E-state index >= 15 is 0 Å². The Morgan fingerprint density at radius 2 is 1.78 bits per heavy atom. The van der Waals surface area contributed by atoms with Crippen molar-refractivity contribution in [2.24, 2.45) is 0 Å². The summed E-state index contributed by atoms with van der Waals surface area (Å²) in [6, 6.07) is 0.469. The van der Waals surface area contributed by atoms with Crippen molar-refractivity contribution in [3.05, 3.63) is 50.6 Å². The summed E-state index contributed by atoms with van der Waals surface area (Å²) in [5, 5.41) is 108. The molecule has 0 saturated carbocycles. The van der Waals surface area contributed by atoms with Gasteiger partial charge in [0.25, 0.3) is 11.5 Å². The number of aliphatic hydroxyl groups excluding tert-OH is 7. The fourth-order valence-electron chi connectivity index (χ4n) is 4.75. The summed E-state index contributed by atoms with van der Waals surface area (Å²) in [4.78, 5) is 45.1. The first-order chi connectivity index (χ1) is 21.0. The first-order valence-corrected chi connectivity index (χ1v) is 12.9. The van der Waals surface area contributed by atoms with Gasteiger partial charge in [-0.15, -0.1) is 0 Å². The van der Waals surface area contributed by atoms with Gasteiger partial charge in [0.2, 0.25) is 17.9 Å². The molecule has 1 aromatic carbocycles. The number of nitrogens with zero attached hydrogens (tertiary/aromatic N) is 2. The number of carbonyl (C=O) groups is 2. The molecule has 0 spiro atoms. The number of carboxylic acid groups (broad SMARTS) is 1. The minimum Gasteiger partial charge on any atom is -0.477 e. The Balaban J connectivity index is 2.05. The van der Waals surface area contributed by atoms with Crippen molar-refractivity contribution in [3.8, 4) is 5.75 Å². The summed E-state index contributed by atoms with van der Waals surface area (Å²) in [7, 11) is 0. The standard InChI is InChI=1S/C24H31N3O18/c1-8-16(32)15(25-9(2)30)20(17(33)12(31)6-28)44-24(8,23(36)37)45-21-18(34)14(7-29)43-22(19(21)35)42-13-4-3-10(26(38)39)5-11(13)27(40)41/h3-5,12,14-22,28-29,31-35H,1,6-7H2,2H3,(H,25,30)(H,36,37)/t12-,14-,15-,16+,17-,18+,19-,20-,21+,22-,24+/m1/s1. The highest BCUT2D eigenvalue weighted by molar-refractivity contribution is 5.81. The molecule has 0 unspecified atom stereocenters. The molecule has 21 heteroatoms. The maximum atomic E-state index is 12.7. The van der Waals surface area contributed by atoms with E-state index in [4.69, 9.17) is 18.9 Å². The van der Waals surface area contributed by atoms with Gasteiger partial charge in [-0.1, -0.05) is 6.58 Å². The molecule has 250 valence electrons. The molecule has 11 atom stereocenters. The van der Waals surface area contributed by atoms with Crippen LogP contribution in [0.3, 0.4) is 0 Å². The van der Waals surface area contributed by atoms with Crippen LogP contribution in [0.5, 0.6) is 5.75 Å². The van der Waals surface area contributed by atoms with E-state index in [1.807, 2.05) is 0 Å². The van der Waals surface area contributed by atoms with E-state index in [1.54, 1.807) is 0 Å². The van der Waals surface area contributed by atoms with Gasteiger partial charge in [0, 0.05) is 18.6 Å². The zero-order valence-electron chi connectivity index (χ0n) is 23.2. The zero-order valence-corrected chi connectivity index (χ0v) is 23.2. The molecule has 2 fully saturated rings. The van der Waals surface area contributed by atoms with Gasteiger partial charge in [0.1, 0.15) is 48.8 Å². The number of nitro benzene ring substituents is 2. The fourth-order valence-corrected chi connectivity index (χ4v) is 4.75. The van der Waals surface area contributed by atoms with Crippen molar-refractivity contribution in [2.45, 2.75) is 73.9 Å². The number of amides is 1. The Morgan fingerprint density at radius 1 is 1.13 bits per heavy atom. The molecular formula is C24H31N3O18. The number of carboxylic acids is 1. The number of carbonyl (C=O) groups excluding carboxylic acids is 1. The first-order valence-electron chi connectivity index (χ1n) is 12.9. The van der Waals surface area contributed by atoms with Gasteiger partial charge < -0.3 is 65.1 Å². The van der Waals surface area contributed by atoms with Crippen molar-refractivity contribution >= 4 is 23.3 Å². The molecule has 2 saturated heterocycles. The lowest BCUT2D eigenvalue weighted by molar-refractivity contribution is -0.395. The van der Waals surface area contributed by atoms with Crippen LogP contribution in [0.1, 0.15) is 6.92 Å². The topological polar surface area (TPSA) is 331 Å². The van der Waals surface area contributed by atoms with Gasteiger partial charge >= 0.3 is 11.7 Å². The lowest BCUT2D eigenvalue weighted by atomic mass is 9.85. The molecule has 2 aliphatic rings. The average Bonchev–Trinajstić information content (AvgIpc) is 2.98. The van der Waals surface area contributed by atoms with Crippen LogP contribution in [0.25, 0.3) is 0 Å². The molecule has 0 bridgehead atoms. The van der Waals surface area contributed by atoms with Crippen LogP contribution in [0.15, 0.2) is 30.4 Å². The molecule has 21 nitrogen and oxygen atoms in total. The van der Waals surface area contributed by atoms with Gasteiger partial charge in [0.15, 0.2) is 0 Å². The third kappa shape index (κ3) is 7.01. The van der Waals surface area contributed by atoms with E-state index in [2.05, 4.69) is 11.9 Å². The first kappa shape index (κ1) is 35.6. The van der Waals surface area contributed by atoms with E-state index in [0.29, 0.717) is 6.07 Å². The van der Waals surface area contributed by atoms with E-state index in [0.717, 1.165) is 19.1 Å². The summed E-state index contributed by atoms with van der Waals surface area (Å²) in [6.45, 7) is 2.33. The van der Waals surface area contributed by atoms with Crippen molar-refractivity contribution in [1.29, 1.82) is 0 Å². The highest BCUT2D eigenvalue weighted by Gasteiger charge is 2.61. The highest BCUT2D eigenvalue weighted by Crippen LogP contribution is 2.41. The Labute approximate surface area is 251 Å². The lowest BCUT2D eigenvalue weighted by Gasteiger charge is -2.50. The summed E-state index contributed by atoms with van der Waals surface area (Å²) in [5.41, 5.74) is -2.51. The van der Waals surface area contributed by atoms with E-state index in [1.165, 1.54) is 0 Å². The van der Waals surface area contributed by atoms with Crippen LogP contribution in [0.4, 0.5) is 11.4 Å². The van der Waals surface area contributed by atoms with Gasteiger partial charge in [-0.2, -0.15) is 0 Å². The maximum absolute atomic E-state index is 12.7. The van der Waals surface area contributed by atoms with E-state index < -0.39 is 125 Å². The van der Waals surface area contributed by atoms with Gasteiger partial charge in [-0.25, -0.2) is 4.79 Å². The molecule has 1 aromatic rings. The predicted molar refractivity (Wildman–Crippen MR) is 140 cm³/mol. The zero-order chi connectivity index (χ0) is 34.0. The largest absolute Gasteiger partial charge is 0.477 e. The van der Waals surface area contributed by atoms with E-state index in [-0.39, 0.29) is 0 Å². The van der Waals surface area contributed by atoms with Crippen molar-refractivity contribution < 1.29 is 79.2 Å². The summed E-state index contributed by atoms with van der Waals surface area (Å²) >= 11 is 0. The Morgan fingerprint density at radius 3 is 2.29 bits per heavy atom. The number of non-ortho nitro benzene ring substituents is 1. The molecular weight excluding hydrogens is 618 g/mol. The molecule has 0 aromatic heterocycles. The van der Waals surface area contributed by atoms with Crippen LogP contribution >= 0.6 is 0 Å². The second kappa shape index (κ2) is 14.0. The summed E-state index contributed by atoms with van der Waals surface area (Å²) in [6.07, 6.45) is -18.8. The van der Waals surface area contributed by atoms with E-state index in [9.17, 15) is 70.7 Å². The molecule has 2 heterocycles. The van der Waals surface area contributed by atoms with Crippen molar-refractivity contribution in [1.82, 2.24) is 5.32 Å². The third-order valence-corrected chi connectivity index (χ3v) is 7.06. The number of aliphatic hydroxyl groups is 7. The normalized spacial score (nSPS) is 33.1. The quantitative estimate of drug-likeness (QED) is 0.0592.